The number of carbonyl (C=O) groups excluding carboxylic acids is 1. The van der Waals surface area contributed by atoms with Crippen molar-refractivity contribution in [2.24, 2.45) is 0 Å². The smallest absolute Gasteiger partial charge is 0.210 e. The van der Waals surface area contributed by atoms with E-state index < -0.39 is 0 Å². The van der Waals surface area contributed by atoms with Gasteiger partial charge in [-0.25, -0.2) is 0 Å². The molecular formula is C8H12N4O. The molecule has 2 heterocycles. The van der Waals surface area contributed by atoms with Crippen LogP contribution in [-0.4, -0.2) is 21.5 Å². The van der Waals surface area contributed by atoms with E-state index in [1.807, 2.05) is 13.8 Å². The van der Waals surface area contributed by atoms with Gasteiger partial charge in [-0.15, -0.1) is 0 Å². The lowest BCUT2D eigenvalue weighted by Gasteiger charge is -2.27. The summed E-state index contributed by atoms with van der Waals surface area (Å²) >= 11 is 0. The Morgan fingerprint density at radius 3 is 2.92 bits per heavy atom. The predicted molar refractivity (Wildman–Crippen MR) is 47.6 cm³/mol. The molecule has 3 N–H and O–H groups in total. The number of fused-ring (bicyclic) bond motifs is 1. The molecule has 0 saturated heterocycles. The first-order valence-electron chi connectivity index (χ1n) is 4.12. The second-order valence-electron chi connectivity index (χ2n) is 3.75. The van der Waals surface area contributed by atoms with Crippen molar-refractivity contribution in [1.29, 1.82) is 0 Å². The van der Waals surface area contributed by atoms with Gasteiger partial charge in [0.05, 0.1) is 17.8 Å². The van der Waals surface area contributed by atoms with Crippen LogP contribution in [-0.2, 0) is 16.9 Å². The molecule has 0 fully saturated rings. The summed E-state index contributed by atoms with van der Waals surface area (Å²) in [6.45, 7) is 4.48. The van der Waals surface area contributed by atoms with E-state index in [0.29, 0.717) is 12.4 Å². The molecule has 1 amide bonds. The monoisotopic (exact) mass is 180 g/mol. The van der Waals surface area contributed by atoms with E-state index in [-0.39, 0.29) is 5.54 Å². The molecule has 0 atom stereocenters. The Morgan fingerprint density at radius 1 is 1.69 bits per heavy atom. The van der Waals surface area contributed by atoms with Crippen LogP contribution in [0.25, 0.3) is 0 Å². The fourth-order valence-electron chi connectivity index (χ4n) is 1.73. The number of nitrogen functional groups attached to an aromatic ring is 1. The van der Waals surface area contributed by atoms with Gasteiger partial charge in [0.15, 0.2) is 5.82 Å². The Hall–Kier alpha value is -1.52. The number of aromatic nitrogens is 2. The Labute approximate surface area is 75.9 Å². The molecule has 2 rings (SSSR count). The molecule has 1 aromatic rings. The van der Waals surface area contributed by atoms with Gasteiger partial charge < -0.3 is 10.6 Å². The maximum atomic E-state index is 10.8. The van der Waals surface area contributed by atoms with Crippen LogP contribution in [0.3, 0.4) is 0 Å². The van der Waals surface area contributed by atoms with Crippen LogP contribution >= 0.6 is 0 Å². The van der Waals surface area contributed by atoms with Gasteiger partial charge >= 0.3 is 0 Å². The summed E-state index contributed by atoms with van der Waals surface area (Å²) in [5, 5.41) is 6.78. The van der Waals surface area contributed by atoms with Crippen LogP contribution in [0, 0.1) is 0 Å². The minimum absolute atomic E-state index is 0.318. The number of nitrogens with one attached hydrogen (secondary N) is 1. The fraction of sp³-hybridized carbons (Fsp3) is 0.500. The Bertz CT molecular complexity index is 355. The average molecular weight is 180 g/mol. The topological polar surface area (TPSA) is 75.0 Å². The van der Waals surface area contributed by atoms with Crippen LogP contribution in [0.5, 0.6) is 0 Å². The van der Waals surface area contributed by atoms with E-state index in [2.05, 4.69) is 10.2 Å². The number of amides is 1. The molecule has 0 bridgehead atoms. The number of hydrogen-bond acceptors (Lipinski definition) is 3. The highest BCUT2D eigenvalue weighted by atomic mass is 16.1. The minimum Gasteiger partial charge on any atom is -0.382 e. The van der Waals surface area contributed by atoms with E-state index in [1.165, 1.54) is 0 Å². The molecule has 0 spiro atoms. The molecule has 1 aliphatic heterocycles. The molecule has 0 radical (unpaired) electrons. The van der Waals surface area contributed by atoms with E-state index in [0.717, 1.165) is 17.7 Å². The fourth-order valence-corrected chi connectivity index (χ4v) is 1.73. The number of hydrogen-bond donors (Lipinski definition) is 2. The number of nitrogens with zero attached hydrogens (tertiary/aromatic N) is 2. The number of nitrogens with two attached hydrogens (primary N) is 1. The summed E-state index contributed by atoms with van der Waals surface area (Å²) in [5.74, 6) is 0.493. The average Bonchev–Trinajstić information content (AvgIpc) is 2.53. The van der Waals surface area contributed by atoms with Gasteiger partial charge in [-0.2, -0.15) is 5.10 Å². The first-order chi connectivity index (χ1) is 6.07. The summed E-state index contributed by atoms with van der Waals surface area (Å²) in [5.41, 5.74) is 7.21. The van der Waals surface area contributed by atoms with Crippen molar-refractivity contribution in [2.45, 2.75) is 25.9 Å². The summed E-state index contributed by atoms with van der Waals surface area (Å²) in [6.07, 6.45) is 0.841. The van der Waals surface area contributed by atoms with Crippen molar-refractivity contribution < 1.29 is 4.79 Å². The lowest BCUT2D eigenvalue weighted by molar-refractivity contribution is -0.122. The number of rotatable bonds is 1. The molecule has 13 heavy (non-hydrogen) atoms. The zero-order valence-corrected chi connectivity index (χ0v) is 7.66. The van der Waals surface area contributed by atoms with Gasteiger partial charge in [0.25, 0.3) is 0 Å². The molecule has 0 unspecified atom stereocenters. The number of carbonyl (C=O) groups is 1. The molecule has 5 nitrogen and oxygen atoms in total. The molecule has 1 aliphatic rings. The zero-order valence-electron chi connectivity index (χ0n) is 7.66. The highest BCUT2D eigenvalue weighted by Gasteiger charge is 2.39. The number of H-pyrrole nitrogens is 1. The zero-order chi connectivity index (χ0) is 9.64. The van der Waals surface area contributed by atoms with Gasteiger partial charge in [0, 0.05) is 5.56 Å². The third-order valence-electron chi connectivity index (χ3n) is 2.68. The van der Waals surface area contributed by atoms with Crippen molar-refractivity contribution in [3.05, 3.63) is 11.3 Å². The molecule has 0 saturated carbocycles. The highest BCUT2D eigenvalue weighted by molar-refractivity contribution is 5.57. The van der Waals surface area contributed by atoms with Gasteiger partial charge in [0.1, 0.15) is 0 Å². The van der Waals surface area contributed by atoms with E-state index in [9.17, 15) is 4.79 Å². The van der Waals surface area contributed by atoms with Crippen molar-refractivity contribution >= 4 is 12.2 Å². The second-order valence-corrected chi connectivity index (χ2v) is 3.75. The maximum Gasteiger partial charge on any atom is 0.210 e. The molecular weight excluding hydrogens is 168 g/mol. The summed E-state index contributed by atoms with van der Waals surface area (Å²) < 4.78 is 0. The first-order valence-corrected chi connectivity index (χ1v) is 4.12. The predicted octanol–water partition coefficient (Wildman–Crippen LogP) is 0.199. The van der Waals surface area contributed by atoms with Gasteiger partial charge in [-0.1, -0.05) is 0 Å². The maximum absolute atomic E-state index is 10.8. The molecule has 70 valence electrons. The summed E-state index contributed by atoms with van der Waals surface area (Å²) in [4.78, 5) is 12.5. The van der Waals surface area contributed by atoms with Crippen molar-refractivity contribution in [3.8, 4) is 0 Å². The Balaban J connectivity index is 2.53. The third kappa shape index (κ3) is 0.867. The van der Waals surface area contributed by atoms with Crippen LogP contribution in [0.4, 0.5) is 5.82 Å². The van der Waals surface area contributed by atoms with E-state index in [4.69, 9.17) is 5.73 Å². The van der Waals surface area contributed by atoms with E-state index >= 15 is 0 Å². The van der Waals surface area contributed by atoms with Crippen molar-refractivity contribution in [2.75, 3.05) is 5.73 Å². The van der Waals surface area contributed by atoms with Crippen molar-refractivity contribution in [3.63, 3.8) is 0 Å². The Morgan fingerprint density at radius 2 is 2.38 bits per heavy atom. The normalized spacial score (nSPS) is 18.8. The first kappa shape index (κ1) is 8.10. The van der Waals surface area contributed by atoms with Crippen LogP contribution in [0.1, 0.15) is 25.1 Å². The standard InChI is InChI=1S/C8H12N4O/c1-8(2)6-5(3-12(8)4-13)7(9)11-10-6/h4H,3H2,1-2H3,(H3,9,10,11). The molecule has 0 aliphatic carbocycles. The van der Waals surface area contributed by atoms with Gasteiger partial charge in [-0.05, 0) is 13.8 Å². The second kappa shape index (κ2) is 2.25. The van der Waals surface area contributed by atoms with E-state index in [1.54, 1.807) is 4.90 Å². The van der Waals surface area contributed by atoms with Crippen LogP contribution in [0.15, 0.2) is 0 Å². The van der Waals surface area contributed by atoms with Crippen LogP contribution < -0.4 is 5.73 Å². The van der Waals surface area contributed by atoms with Gasteiger partial charge in [0.2, 0.25) is 6.41 Å². The largest absolute Gasteiger partial charge is 0.382 e. The van der Waals surface area contributed by atoms with Crippen molar-refractivity contribution in [1.82, 2.24) is 15.1 Å². The van der Waals surface area contributed by atoms with Crippen LogP contribution in [0.2, 0.25) is 0 Å². The lowest BCUT2D eigenvalue weighted by atomic mass is 10.0. The lowest BCUT2D eigenvalue weighted by Crippen LogP contribution is -2.34. The minimum atomic E-state index is -0.318. The quantitative estimate of drug-likeness (QED) is 0.606. The number of aromatic amines is 1. The molecule has 1 aromatic heterocycles. The molecule has 5 heteroatoms. The summed E-state index contributed by atoms with van der Waals surface area (Å²) in [7, 11) is 0. The Kier molecular flexibility index (Phi) is 1.40. The molecule has 0 aromatic carbocycles. The third-order valence-corrected chi connectivity index (χ3v) is 2.68. The summed E-state index contributed by atoms with van der Waals surface area (Å²) in [6, 6.07) is 0. The highest BCUT2D eigenvalue weighted by Crippen LogP contribution is 2.38. The number of anilines is 1. The SMILES string of the molecule is CC1(C)c2[nH]nc(N)c2CN1C=O. The van der Waals surface area contributed by atoms with Gasteiger partial charge in [-0.3, -0.25) is 9.89 Å².